The summed E-state index contributed by atoms with van der Waals surface area (Å²) < 4.78 is 3.62. The molecule has 7 nitrogen and oxygen atoms in total. The van der Waals surface area contributed by atoms with E-state index < -0.39 is 0 Å². The Balaban J connectivity index is 1.76. The highest BCUT2D eigenvalue weighted by Crippen LogP contribution is 2.20. The minimum Gasteiger partial charge on any atom is -0.336 e. The van der Waals surface area contributed by atoms with Gasteiger partial charge in [-0.3, -0.25) is 4.68 Å². The predicted molar refractivity (Wildman–Crippen MR) is 94.8 cm³/mol. The SMILES string of the molecule is CC(NC(=O)NC(c1ccccc1)c1nccn1C)c1cnn(C)c1. The molecule has 0 bridgehead atoms. The van der Waals surface area contributed by atoms with Gasteiger partial charge in [0.25, 0.3) is 0 Å². The van der Waals surface area contributed by atoms with Gasteiger partial charge in [0.05, 0.1) is 12.2 Å². The Bertz CT molecular complexity index is 838. The van der Waals surface area contributed by atoms with Gasteiger partial charge in [0.2, 0.25) is 0 Å². The van der Waals surface area contributed by atoms with Crippen molar-refractivity contribution in [2.24, 2.45) is 14.1 Å². The fraction of sp³-hybridized carbons (Fsp3) is 0.278. The Hall–Kier alpha value is -3.09. The van der Waals surface area contributed by atoms with E-state index >= 15 is 0 Å². The average molecular weight is 338 g/mol. The molecule has 2 N–H and O–H groups in total. The highest BCUT2D eigenvalue weighted by molar-refractivity contribution is 5.75. The number of imidazole rings is 1. The third-order valence-corrected chi connectivity index (χ3v) is 4.10. The predicted octanol–water partition coefficient (Wildman–Crippen LogP) is 2.30. The third kappa shape index (κ3) is 3.88. The normalized spacial score (nSPS) is 13.2. The fourth-order valence-corrected chi connectivity index (χ4v) is 2.71. The zero-order chi connectivity index (χ0) is 17.8. The van der Waals surface area contributed by atoms with E-state index in [1.807, 2.05) is 68.3 Å². The summed E-state index contributed by atoms with van der Waals surface area (Å²) in [5.41, 5.74) is 1.92. The molecule has 2 aromatic heterocycles. The molecule has 0 saturated carbocycles. The van der Waals surface area contributed by atoms with E-state index in [1.165, 1.54) is 0 Å². The number of rotatable bonds is 5. The van der Waals surface area contributed by atoms with E-state index in [9.17, 15) is 4.79 Å². The number of nitrogens with zero attached hydrogens (tertiary/aromatic N) is 4. The maximum absolute atomic E-state index is 12.5. The maximum Gasteiger partial charge on any atom is 0.316 e. The van der Waals surface area contributed by atoms with Gasteiger partial charge in [-0.2, -0.15) is 5.10 Å². The molecule has 1 aromatic carbocycles. The van der Waals surface area contributed by atoms with Gasteiger partial charge in [0.15, 0.2) is 0 Å². The van der Waals surface area contributed by atoms with Crippen LogP contribution in [0.3, 0.4) is 0 Å². The molecule has 2 unspecified atom stereocenters. The van der Waals surface area contributed by atoms with E-state index in [-0.39, 0.29) is 18.1 Å². The molecule has 130 valence electrons. The van der Waals surface area contributed by atoms with Crippen LogP contribution in [0, 0.1) is 0 Å². The lowest BCUT2D eigenvalue weighted by molar-refractivity contribution is 0.235. The van der Waals surface area contributed by atoms with Crippen molar-refractivity contribution in [1.29, 1.82) is 0 Å². The first-order chi connectivity index (χ1) is 12.0. The van der Waals surface area contributed by atoms with Crippen LogP contribution in [0.25, 0.3) is 0 Å². The number of aromatic nitrogens is 4. The summed E-state index contributed by atoms with van der Waals surface area (Å²) in [6, 6.07) is 9.06. The highest BCUT2D eigenvalue weighted by atomic mass is 16.2. The lowest BCUT2D eigenvalue weighted by Gasteiger charge is -2.21. The van der Waals surface area contributed by atoms with Crippen LogP contribution in [-0.4, -0.2) is 25.4 Å². The van der Waals surface area contributed by atoms with E-state index in [0.717, 1.165) is 17.0 Å². The Morgan fingerprint density at radius 2 is 1.88 bits per heavy atom. The lowest BCUT2D eigenvalue weighted by Crippen LogP contribution is -2.40. The van der Waals surface area contributed by atoms with Gasteiger partial charge < -0.3 is 15.2 Å². The second kappa shape index (κ2) is 7.21. The number of aryl methyl sites for hydroxylation is 2. The zero-order valence-electron chi connectivity index (χ0n) is 14.5. The zero-order valence-corrected chi connectivity index (χ0v) is 14.5. The first-order valence-corrected chi connectivity index (χ1v) is 8.12. The summed E-state index contributed by atoms with van der Waals surface area (Å²) in [7, 11) is 3.76. The van der Waals surface area contributed by atoms with Gasteiger partial charge in [0.1, 0.15) is 11.9 Å². The molecule has 25 heavy (non-hydrogen) atoms. The van der Waals surface area contributed by atoms with Gasteiger partial charge in [-0.15, -0.1) is 0 Å². The largest absolute Gasteiger partial charge is 0.336 e. The molecule has 2 amide bonds. The molecule has 0 aliphatic heterocycles. The molecule has 0 fully saturated rings. The summed E-state index contributed by atoms with van der Waals surface area (Å²) in [6.07, 6.45) is 7.23. The summed E-state index contributed by atoms with van der Waals surface area (Å²) in [5.74, 6) is 0.774. The monoisotopic (exact) mass is 338 g/mol. The summed E-state index contributed by atoms with van der Waals surface area (Å²) in [5, 5.41) is 10.1. The fourth-order valence-electron chi connectivity index (χ4n) is 2.71. The number of hydrogen-bond donors (Lipinski definition) is 2. The van der Waals surface area contributed by atoms with Crippen molar-refractivity contribution in [3.8, 4) is 0 Å². The average Bonchev–Trinajstić information content (AvgIpc) is 3.22. The molecule has 3 rings (SSSR count). The number of amides is 2. The molecule has 0 aliphatic carbocycles. The van der Waals surface area contributed by atoms with Gasteiger partial charge in [-0.05, 0) is 12.5 Å². The van der Waals surface area contributed by atoms with Crippen LogP contribution in [0.2, 0.25) is 0 Å². The number of urea groups is 1. The van der Waals surface area contributed by atoms with Gasteiger partial charge in [0, 0.05) is 38.2 Å². The van der Waals surface area contributed by atoms with E-state index in [2.05, 4.69) is 20.7 Å². The first-order valence-electron chi connectivity index (χ1n) is 8.12. The molecular formula is C18H22N6O. The smallest absolute Gasteiger partial charge is 0.316 e. The second-order valence-electron chi connectivity index (χ2n) is 6.03. The van der Waals surface area contributed by atoms with Crippen LogP contribution in [0.5, 0.6) is 0 Å². The van der Waals surface area contributed by atoms with Crippen molar-refractivity contribution in [2.45, 2.75) is 19.0 Å². The molecular weight excluding hydrogens is 316 g/mol. The minimum absolute atomic E-state index is 0.147. The van der Waals surface area contributed by atoms with Crippen LogP contribution >= 0.6 is 0 Å². The van der Waals surface area contributed by atoms with Crippen LogP contribution in [0.4, 0.5) is 4.79 Å². The van der Waals surface area contributed by atoms with Crippen molar-refractivity contribution in [1.82, 2.24) is 30.0 Å². The number of carbonyl (C=O) groups excluding carboxylic acids is 1. The molecule has 0 saturated heterocycles. The van der Waals surface area contributed by atoms with Crippen LogP contribution in [0.1, 0.15) is 36.0 Å². The molecule has 7 heteroatoms. The van der Waals surface area contributed by atoms with E-state index in [0.29, 0.717) is 0 Å². The Labute approximate surface area is 146 Å². The van der Waals surface area contributed by atoms with Crippen LogP contribution in [-0.2, 0) is 14.1 Å². The Morgan fingerprint density at radius 3 is 2.48 bits per heavy atom. The van der Waals surface area contributed by atoms with Crippen molar-refractivity contribution in [3.63, 3.8) is 0 Å². The number of benzene rings is 1. The standard InChI is InChI=1S/C18H22N6O/c1-13(15-11-20-24(3)12-15)21-18(25)22-16(14-7-5-4-6-8-14)17-19-9-10-23(17)2/h4-13,16H,1-3H3,(H2,21,22,25). The van der Waals surface area contributed by atoms with Crippen molar-refractivity contribution < 1.29 is 4.79 Å². The van der Waals surface area contributed by atoms with Gasteiger partial charge >= 0.3 is 6.03 Å². The molecule has 3 aromatic rings. The molecule has 0 spiro atoms. The lowest BCUT2D eigenvalue weighted by atomic mass is 10.1. The van der Waals surface area contributed by atoms with Gasteiger partial charge in [-0.25, -0.2) is 9.78 Å². The first kappa shape index (κ1) is 16.8. The van der Waals surface area contributed by atoms with Crippen molar-refractivity contribution in [2.75, 3.05) is 0 Å². The Kier molecular flexibility index (Phi) is 4.83. The minimum atomic E-state index is -0.331. The number of carbonyl (C=O) groups is 1. The summed E-state index contributed by atoms with van der Waals surface area (Å²) >= 11 is 0. The van der Waals surface area contributed by atoms with E-state index in [1.54, 1.807) is 17.1 Å². The quantitative estimate of drug-likeness (QED) is 0.749. The van der Waals surface area contributed by atoms with Crippen LogP contribution in [0.15, 0.2) is 55.1 Å². The van der Waals surface area contributed by atoms with Crippen LogP contribution < -0.4 is 10.6 Å². The molecule has 2 heterocycles. The summed E-state index contributed by atoms with van der Waals surface area (Å²) in [6.45, 7) is 1.93. The third-order valence-electron chi connectivity index (χ3n) is 4.10. The molecule has 0 aliphatic rings. The molecule has 2 atom stereocenters. The molecule has 0 radical (unpaired) electrons. The van der Waals surface area contributed by atoms with Crippen molar-refractivity contribution >= 4 is 6.03 Å². The number of hydrogen-bond acceptors (Lipinski definition) is 3. The van der Waals surface area contributed by atoms with Gasteiger partial charge in [-0.1, -0.05) is 30.3 Å². The Morgan fingerprint density at radius 1 is 1.12 bits per heavy atom. The number of nitrogens with one attached hydrogen (secondary N) is 2. The topological polar surface area (TPSA) is 76.8 Å². The summed E-state index contributed by atoms with van der Waals surface area (Å²) in [4.78, 5) is 16.9. The van der Waals surface area contributed by atoms with E-state index in [4.69, 9.17) is 0 Å². The highest BCUT2D eigenvalue weighted by Gasteiger charge is 2.21. The maximum atomic E-state index is 12.5. The second-order valence-corrected chi connectivity index (χ2v) is 6.03. The van der Waals surface area contributed by atoms with Crippen molar-refractivity contribution in [3.05, 3.63) is 72.1 Å².